The molecular formula is C20H18BrN3O3. The smallest absolute Gasteiger partial charge is 0.322 e. The number of methoxy groups -OCH3 is 1. The fourth-order valence-electron chi connectivity index (χ4n) is 3.44. The van der Waals surface area contributed by atoms with Gasteiger partial charge in [0.2, 0.25) is 0 Å². The lowest BCUT2D eigenvalue weighted by Gasteiger charge is -2.31. The molecule has 0 spiro atoms. The van der Waals surface area contributed by atoms with Crippen molar-refractivity contribution in [3.8, 4) is 5.75 Å². The van der Waals surface area contributed by atoms with Crippen molar-refractivity contribution >= 4 is 33.6 Å². The molecule has 3 amide bonds. The Bertz CT molecular complexity index is 938. The summed E-state index contributed by atoms with van der Waals surface area (Å²) < 4.78 is 6.13. The lowest BCUT2D eigenvalue weighted by Crippen LogP contribution is -2.45. The molecule has 7 heteroatoms. The van der Waals surface area contributed by atoms with Crippen molar-refractivity contribution in [1.82, 2.24) is 10.2 Å². The van der Waals surface area contributed by atoms with Gasteiger partial charge in [0.05, 0.1) is 31.0 Å². The molecule has 0 radical (unpaired) electrons. The van der Waals surface area contributed by atoms with Gasteiger partial charge in [0.15, 0.2) is 0 Å². The number of amides is 3. The number of benzene rings is 2. The van der Waals surface area contributed by atoms with Crippen LogP contribution in [0.15, 0.2) is 64.3 Å². The lowest BCUT2D eigenvalue weighted by molar-refractivity contribution is -0.114. The molecule has 1 atom stereocenters. The number of hydrogen-bond acceptors (Lipinski definition) is 3. The van der Waals surface area contributed by atoms with E-state index in [0.29, 0.717) is 12.1 Å². The number of rotatable bonds is 3. The number of urea groups is 1. The number of likely N-dealkylation sites (N-methyl/N-ethyl adjacent to an activating group) is 1. The first-order valence-electron chi connectivity index (χ1n) is 8.48. The molecule has 2 aliphatic heterocycles. The van der Waals surface area contributed by atoms with Crippen LogP contribution in [0.5, 0.6) is 5.75 Å². The summed E-state index contributed by atoms with van der Waals surface area (Å²) in [4.78, 5) is 28.9. The van der Waals surface area contributed by atoms with Gasteiger partial charge < -0.3 is 15.0 Å². The highest BCUT2D eigenvalue weighted by Gasteiger charge is 2.43. The van der Waals surface area contributed by atoms with E-state index in [1.807, 2.05) is 48.5 Å². The molecule has 0 fully saturated rings. The second kappa shape index (κ2) is 6.74. The van der Waals surface area contributed by atoms with Crippen LogP contribution in [0.3, 0.4) is 0 Å². The molecule has 2 aliphatic rings. The van der Waals surface area contributed by atoms with Crippen molar-refractivity contribution in [3.05, 3.63) is 69.8 Å². The molecule has 6 nitrogen and oxygen atoms in total. The van der Waals surface area contributed by atoms with Crippen molar-refractivity contribution in [2.75, 3.05) is 25.6 Å². The first-order valence-corrected chi connectivity index (χ1v) is 9.27. The van der Waals surface area contributed by atoms with Crippen molar-refractivity contribution < 1.29 is 14.3 Å². The zero-order valence-electron chi connectivity index (χ0n) is 14.9. The average molecular weight is 428 g/mol. The van der Waals surface area contributed by atoms with Crippen molar-refractivity contribution in [3.63, 3.8) is 0 Å². The zero-order chi connectivity index (χ0) is 19.1. The van der Waals surface area contributed by atoms with Crippen molar-refractivity contribution in [2.45, 2.75) is 6.04 Å². The van der Waals surface area contributed by atoms with E-state index in [2.05, 4.69) is 21.2 Å². The third-order valence-electron chi connectivity index (χ3n) is 4.95. The maximum Gasteiger partial charge on any atom is 0.322 e. The zero-order valence-corrected chi connectivity index (χ0v) is 16.5. The summed E-state index contributed by atoms with van der Waals surface area (Å²) in [5.74, 6) is 0.625. The summed E-state index contributed by atoms with van der Waals surface area (Å²) >= 11 is 3.42. The van der Waals surface area contributed by atoms with Crippen LogP contribution in [0.25, 0.3) is 0 Å². The van der Waals surface area contributed by atoms with Crippen LogP contribution in [0.4, 0.5) is 10.5 Å². The van der Waals surface area contributed by atoms with Crippen LogP contribution in [0.2, 0.25) is 0 Å². The van der Waals surface area contributed by atoms with E-state index in [1.54, 1.807) is 19.1 Å². The SMILES string of the molecule is COc1ccc(N2CC3=C(C2=O)[C@H](c2ccc(Br)cc2)NC(=O)N3C)cc1. The molecule has 0 aliphatic carbocycles. The van der Waals surface area contributed by atoms with Crippen molar-refractivity contribution in [2.24, 2.45) is 0 Å². The molecule has 4 rings (SSSR count). The highest BCUT2D eigenvalue weighted by Crippen LogP contribution is 2.38. The summed E-state index contributed by atoms with van der Waals surface area (Å²) in [5, 5.41) is 2.94. The van der Waals surface area contributed by atoms with Crippen LogP contribution >= 0.6 is 15.9 Å². The van der Waals surface area contributed by atoms with Crippen LogP contribution in [-0.2, 0) is 4.79 Å². The Morgan fingerprint density at radius 2 is 1.74 bits per heavy atom. The molecule has 0 bridgehead atoms. The van der Waals surface area contributed by atoms with Crippen LogP contribution in [0, 0.1) is 0 Å². The number of ether oxygens (including phenoxy) is 1. The Kier molecular flexibility index (Phi) is 4.39. The minimum absolute atomic E-state index is 0.102. The maximum atomic E-state index is 13.2. The van der Waals surface area contributed by atoms with Gasteiger partial charge in [0.25, 0.3) is 5.91 Å². The monoisotopic (exact) mass is 427 g/mol. The van der Waals surface area contributed by atoms with Gasteiger partial charge in [-0.05, 0) is 42.0 Å². The fourth-order valence-corrected chi connectivity index (χ4v) is 3.71. The Labute approximate surface area is 165 Å². The predicted molar refractivity (Wildman–Crippen MR) is 106 cm³/mol. The predicted octanol–water partition coefficient (Wildman–Crippen LogP) is 3.45. The van der Waals surface area contributed by atoms with Gasteiger partial charge in [-0.15, -0.1) is 0 Å². The Morgan fingerprint density at radius 3 is 2.37 bits per heavy atom. The van der Waals surface area contributed by atoms with E-state index in [4.69, 9.17) is 4.74 Å². The summed E-state index contributed by atoms with van der Waals surface area (Å²) in [7, 11) is 3.29. The summed E-state index contributed by atoms with van der Waals surface area (Å²) in [6.07, 6.45) is 0. The van der Waals surface area contributed by atoms with Gasteiger partial charge in [-0.25, -0.2) is 4.79 Å². The first kappa shape index (κ1) is 17.6. The minimum atomic E-state index is -0.465. The van der Waals surface area contributed by atoms with E-state index < -0.39 is 6.04 Å². The maximum absolute atomic E-state index is 13.2. The Morgan fingerprint density at radius 1 is 1.07 bits per heavy atom. The van der Waals surface area contributed by atoms with Gasteiger partial charge in [0, 0.05) is 17.2 Å². The van der Waals surface area contributed by atoms with Gasteiger partial charge in [0.1, 0.15) is 5.75 Å². The molecule has 1 N–H and O–H groups in total. The quantitative estimate of drug-likeness (QED) is 0.815. The number of anilines is 1. The van der Waals surface area contributed by atoms with E-state index in [0.717, 1.165) is 27.2 Å². The average Bonchev–Trinajstić information content (AvgIpc) is 3.03. The highest BCUT2D eigenvalue weighted by atomic mass is 79.9. The fraction of sp³-hybridized carbons (Fsp3) is 0.200. The normalized spacial score (nSPS) is 19.3. The molecule has 2 heterocycles. The summed E-state index contributed by atoms with van der Waals surface area (Å²) in [5.41, 5.74) is 2.98. The van der Waals surface area contributed by atoms with Crippen LogP contribution in [-0.4, -0.2) is 37.5 Å². The molecule has 138 valence electrons. The number of nitrogens with zero attached hydrogens (tertiary/aromatic N) is 2. The van der Waals surface area contributed by atoms with E-state index >= 15 is 0 Å². The minimum Gasteiger partial charge on any atom is -0.497 e. The van der Waals surface area contributed by atoms with E-state index in [9.17, 15) is 9.59 Å². The van der Waals surface area contributed by atoms with Crippen LogP contribution in [0.1, 0.15) is 11.6 Å². The number of carbonyl (C=O) groups excluding carboxylic acids is 2. The Balaban J connectivity index is 1.72. The molecule has 2 aromatic carbocycles. The second-order valence-electron chi connectivity index (χ2n) is 6.44. The molecular weight excluding hydrogens is 410 g/mol. The first-order chi connectivity index (χ1) is 13.0. The lowest BCUT2D eigenvalue weighted by atomic mass is 9.96. The second-order valence-corrected chi connectivity index (χ2v) is 7.36. The van der Waals surface area contributed by atoms with Gasteiger partial charge in [-0.2, -0.15) is 0 Å². The standard InChI is InChI=1S/C20H18BrN3O3/c1-23-16-11-24(14-7-9-15(27-2)10-8-14)19(25)17(16)18(22-20(23)26)12-3-5-13(21)6-4-12/h3-10,18H,11H2,1-2H3,(H,22,26)/t18-/m0/s1. The highest BCUT2D eigenvalue weighted by molar-refractivity contribution is 9.10. The van der Waals surface area contributed by atoms with E-state index in [-0.39, 0.29) is 11.9 Å². The summed E-state index contributed by atoms with van der Waals surface area (Å²) in [6, 6.07) is 14.3. The molecule has 0 unspecified atom stereocenters. The van der Waals surface area contributed by atoms with Crippen LogP contribution < -0.4 is 15.0 Å². The number of nitrogens with one attached hydrogen (secondary N) is 1. The topological polar surface area (TPSA) is 61.9 Å². The van der Waals surface area contributed by atoms with Crippen molar-refractivity contribution in [1.29, 1.82) is 0 Å². The number of carbonyl (C=O) groups is 2. The van der Waals surface area contributed by atoms with Gasteiger partial charge >= 0.3 is 6.03 Å². The molecule has 2 aromatic rings. The molecule has 0 saturated carbocycles. The third-order valence-corrected chi connectivity index (χ3v) is 5.48. The van der Waals surface area contributed by atoms with Gasteiger partial charge in [-0.1, -0.05) is 28.1 Å². The van der Waals surface area contributed by atoms with E-state index in [1.165, 1.54) is 4.90 Å². The number of hydrogen-bond donors (Lipinski definition) is 1. The molecule has 27 heavy (non-hydrogen) atoms. The Hall–Kier alpha value is -2.80. The summed E-state index contributed by atoms with van der Waals surface area (Å²) in [6.45, 7) is 0.359. The largest absolute Gasteiger partial charge is 0.497 e. The third kappa shape index (κ3) is 2.98. The van der Waals surface area contributed by atoms with Gasteiger partial charge in [-0.3, -0.25) is 9.69 Å². The molecule has 0 aromatic heterocycles. The molecule has 0 saturated heterocycles. The number of halogens is 1.